The quantitative estimate of drug-likeness (QED) is 0.662. The third kappa shape index (κ3) is 3.44. The fourth-order valence-electron chi connectivity index (χ4n) is 2.43. The summed E-state index contributed by atoms with van der Waals surface area (Å²) in [6.07, 6.45) is -0.418. The summed E-state index contributed by atoms with van der Waals surface area (Å²) in [5.41, 5.74) is 1.66. The van der Waals surface area contributed by atoms with Crippen LogP contribution >= 0.6 is 11.8 Å². The summed E-state index contributed by atoms with van der Waals surface area (Å²) in [5, 5.41) is 17.5. The number of para-hydroxylation sites is 2. The van der Waals surface area contributed by atoms with Crippen molar-refractivity contribution in [2.45, 2.75) is 17.1 Å². The monoisotopic (exact) mass is 351 g/mol. The predicted octanol–water partition coefficient (Wildman–Crippen LogP) is 3.75. The standard InChI is InChI=1S/C18H13N3O3S/c19-9-12-4-3-5-13(8-12)11-25-18-21-20-17(24-18)16-10-22-14-6-1-2-7-15(14)23-16/h1-8,16H,10-11H2. The first-order valence-electron chi connectivity index (χ1n) is 7.65. The molecule has 0 N–H and O–H groups in total. The van der Waals surface area contributed by atoms with E-state index in [0.717, 1.165) is 5.56 Å². The average Bonchev–Trinajstić information content (AvgIpc) is 3.15. The number of nitrogens with zero attached hydrogens (tertiary/aromatic N) is 3. The van der Waals surface area contributed by atoms with Gasteiger partial charge >= 0.3 is 0 Å². The molecule has 124 valence electrons. The number of nitriles is 1. The normalized spacial score (nSPS) is 15.6. The molecular weight excluding hydrogens is 338 g/mol. The zero-order chi connectivity index (χ0) is 17.1. The molecular formula is C18H13N3O3S. The van der Waals surface area contributed by atoms with E-state index < -0.39 is 6.10 Å². The van der Waals surface area contributed by atoms with Gasteiger partial charge < -0.3 is 13.9 Å². The molecule has 0 amide bonds. The van der Waals surface area contributed by atoms with Gasteiger partial charge in [0.2, 0.25) is 6.10 Å². The molecule has 0 saturated heterocycles. The van der Waals surface area contributed by atoms with Gasteiger partial charge in [-0.1, -0.05) is 36.0 Å². The van der Waals surface area contributed by atoms with Crippen molar-refractivity contribution in [3.63, 3.8) is 0 Å². The molecule has 7 heteroatoms. The number of rotatable bonds is 4. The maximum atomic E-state index is 8.94. The van der Waals surface area contributed by atoms with Gasteiger partial charge in [-0.05, 0) is 29.8 Å². The molecule has 1 atom stereocenters. The van der Waals surface area contributed by atoms with Crippen molar-refractivity contribution < 1.29 is 13.9 Å². The molecule has 0 radical (unpaired) electrons. The van der Waals surface area contributed by atoms with Crippen LogP contribution < -0.4 is 9.47 Å². The SMILES string of the molecule is N#Cc1cccc(CSc2nnc(C3COc4ccccc4O3)o2)c1. The molecule has 1 aliphatic rings. The van der Waals surface area contributed by atoms with E-state index in [-0.39, 0.29) is 0 Å². The summed E-state index contributed by atoms with van der Waals surface area (Å²) in [5.74, 6) is 2.41. The molecule has 0 aliphatic carbocycles. The molecule has 2 heterocycles. The molecule has 0 fully saturated rings. The van der Waals surface area contributed by atoms with Crippen molar-refractivity contribution in [2.24, 2.45) is 0 Å². The highest BCUT2D eigenvalue weighted by Gasteiger charge is 2.27. The minimum Gasteiger partial charge on any atom is -0.485 e. The van der Waals surface area contributed by atoms with Gasteiger partial charge in [-0.2, -0.15) is 5.26 Å². The Morgan fingerprint density at radius 2 is 2.00 bits per heavy atom. The van der Waals surface area contributed by atoms with Crippen LogP contribution in [-0.4, -0.2) is 16.8 Å². The van der Waals surface area contributed by atoms with Crippen molar-refractivity contribution in [3.05, 3.63) is 65.5 Å². The highest BCUT2D eigenvalue weighted by atomic mass is 32.2. The van der Waals surface area contributed by atoms with Crippen LogP contribution in [0, 0.1) is 11.3 Å². The van der Waals surface area contributed by atoms with Gasteiger partial charge in [-0.15, -0.1) is 10.2 Å². The molecule has 2 aromatic carbocycles. The summed E-state index contributed by atoms with van der Waals surface area (Å²) < 4.78 is 17.2. The lowest BCUT2D eigenvalue weighted by Crippen LogP contribution is -2.21. The molecule has 0 saturated carbocycles. The van der Waals surface area contributed by atoms with Crippen LogP contribution in [0.25, 0.3) is 0 Å². The Morgan fingerprint density at radius 1 is 1.12 bits per heavy atom. The van der Waals surface area contributed by atoms with Crippen LogP contribution in [-0.2, 0) is 5.75 Å². The molecule has 6 nitrogen and oxygen atoms in total. The Morgan fingerprint density at radius 3 is 2.88 bits per heavy atom. The van der Waals surface area contributed by atoms with E-state index in [4.69, 9.17) is 19.2 Å². The summed E-state index contributed by atoms with van der Waals surface area (Å²) in [6, 6.07) is 17.0. The van der Waals surface area contributed by atoms with Gasteiger partial charge in [0.25, 0.3) is 11.1 Å². The number of thioether (sulfide) groups is 1. The minimum absolute atomic E-state index is 0.327. The summed E-state index contributed by atoms with van der Waals surface area (Å²) in [6.45, 7) is 0.327. The van der Waals surface area contributed by atoms with Crippen molar-refractivity contribution in [1.82, 2.24) is 10.2 Å². The molecule has 25 heavy (non-hydrogen) atoms. The van der Waals surface area contributed by atoms with Crippen LogP contribution in [0.1, 0.15) is 23.1 Å². The average molecular weight is 351 g/mol. The number of fused-ring (bicyclic) bond motifs is 1. The van der Waals surface area contributed by atoms with Crippen LogP contribution in [0.3, 0.4) is 0 Å². The van der Waals surface area contributed by atoms with E-state index in [2.05, 4.69) is 16.3 Å². The van der Waals surface area contributed by atoms with Gasteiger partial charge in [0.15, 0.2) is 11.5 Å². The first-order chi connectivity index (χ1) is 12.3. The van der Waals surface area contributed by atoms with Crippen LogP contribution in [0.4, 0.5) is 0 Å². The van der Waals surface area contributed by atoms with E-state index >= 15 is 0 Å². The fraction of sp³-hybridized carbons (Fsp3) is 0.167. The number of hydrogen-bond donors (Lipinski definition) is 0. The second-order valence-electron chi connectivity index (χ2n) is 5.37. The predicted molar refractivity (Wildman–Crippen MR) is 90.3 cm³/mol. The van der Waals surface area contributed by atoms with E-state index in [9.17, 15) is 0 Å². The number of aromatic nitrogens is 2. The lowest BCUT2D eigenvalue weighted by molar-refractivity contribution is 0.0686. The second-order valence-corrected chi connectivity index (χ2v) is 6.30. The Hall–Kier alpha value is -2.98. The minimum atomic E-state index is -0.418. The molecule has 1 unspecified atom stereocenters. The van der Waals surface area contributed by atoms with E-state index in [1.807, 2.05) is 42.5 Å². The Kier molecular flexibility index (Phi) is 4.27. The van der Waals surface area contributed by atoms with Crippen LogP contribution in [0.15, 0.2) is 58.2 Å². The highest BCUT2D eigenvalue weighted by molar-refractivity contribution is 7.98. The van der Waals surface area contributed by atoms with E-state index in [0.29, 0.717) is 40.5 Å². The maximum Gasteiger partial charge on any atom is 0.277 e. The van der Waals surface area contributed by atoms with Crippen molar-refractivity contribution in [3.8, 4) is 17.6 Å². The number of benzene rings is 2. The molecule has 1 aliphatic heterocycles. The Bertz CT molecular complexity index is 935. The fourth-order valence-corrected chi connectivity index (χ4v) is 3.14. The van der Waals surface area contributed by atoms with Gasteiger partial charge in [-0.3, -0.25) is 0 Å². The number of ether oxygens (including phenoxy) is 2. The maximum absolute atomic E-state index is 8.94. The third-order valence-corrected chi connectivity index (χ3v) is 4.51. The molecule has 0 bridgehead atoms. The largest absolute Gasteiger partial charge is 0.485 e. The lowest BCUT2D eigenvalue weighted by atomic mass is 10.2. The lowest BCUT2D eigenvalue weighted by Gasteiger charge is -2.23. The van der Waals surface area contributed by atoms with Crippen molar-refractivity contribution in [1.29, 1.82) is 5.26 Å². The van der Waals surface area contributed by atoms with Gasteiger partial charge in [0.1, 0.15) is 6.61 Å². The Labute approximate surface area is 148 Å². The van der Waals surface area contributed by atoms with Gasteiger partial charge in [0.05, 0.1) is 11.6 Å². The first kappa shape index (κ1) is 15.5. The highest BCUT2D eigenvalue weighted by Crippen LogP contribution is 2.36. The van der Waals surface area contributed by atoms with E-state index in [1.54, 1.807) is 6.07 Å². The van der Waals surface area contributed by atoms with E-state index in [1.165, 1.54) is 11.8 Å². The number of hydrogen-bond acceptors (Lipinski definition) is 7. The van der Waals surface area contributed by atoms with Crippen molar-refractivity contribution in [2.75, 3.05) is 6.61 Å². The first-order valence-corrected chi connectivity index (χ1v) is 8.64. The zero-order valence-electron chi connectivity index (χ0n) is 13.1. The molecule has 3 aromatic rings. The molecule has 4 rings (SSSR count). The van der Waals surface area contributed by atoms with Crippen molar-refractivity contribution >= 4 is 11.8 Å². The topological polar surface area (TPSA) is 81.2 Å². The summed E-state index contributed by atoms with van der Waals surface area (Å²) >= 11 is 1.42. The third-order valence-electron chi connectivity index (χ3n) is 3.62. The molecule has 1 aromatic heterocycles. The molecule has 0 spiro atoms. The smallest absolute Gasteiger partial charge is 0.277 e. The van der Waals surface area contributed by atoms with Crippen LogP contribution in [0.2, 0.25) is 0 Å². The summed E-state index contributed by atoms with van der Waals surface area (Å²) in [7, 11) is 0. The van der Waals surface area contributed by atoms with Crippen LogP contribution in [0.5, 0.6) is 11.5 Å². The Balaban J connectivity index is 1.42. The summed E-state index contributed by atoms with van der Waals surface area (Å²) in [4.78, 5) is 0. The van der Waals surface area contributed by atoms with Gasteiger partial charge in [0, 0.05) is 5.75 Å². The van der Waals surface area contributed by atoms with Gasteiger partial charge in [-0.25, -0.2) is 0 Å². The zero-order valence-corrected chi connectivity index (χ0v) is 13.9. The second kappa shape index (κ2) is 6.87.